The first kappa shape index (κ1) is 11.1. The Balaban J connectivity index is 3.01. The smallest absolute Gasteiger partial charge is 0.328 e. The molecule has 0 aliphatic carbocycles. The maximum atomic E-state index is 13.1. The molecule has 0 aliphatic heterocycles. The van der Waals surface area contributed by atoms with E-state index in [4.69, 9.17) is 5.11 Å². The summed E-state index contributed by atoms with van der Waals surface area (Å²) in [6.07, 6.45) is 1.52. The van der Waals surface area contributed by atoms with E-state index in [1.165, 1.54) is 18.2 Å². The Labute approximate surface area is 85.8 Å². The number of rotatable bonds is 3. The van der Waals surface area contributed by atoms with E-state index in [-0.39, 0.29) is 5.56 Å². The molecule has 0 atom stereocenters. The Morgan fingerprint density at radius 3 is 2.60 bits per heavy atom. The summed E-state index contributed by atoms with van der Waals surface area (Å²) in [4.78, 5) is 21.5. The molecule has 0 spiro atoms. The van der Waals surface area contributed by atoms with Crippen molar-refractivity contribution in [2.75, 3.05) is 0 Å². The average Bonchev–Trinajstić information content (AvgIpc) is 2.18. The lowest BCUT2D eigenvalue weighted by Gasteiger charge is -1.99. The van der Waals surface area contributed by atoms with Gasteiger partial charge in [-0.2, -0.15) is 0 Å². The molecule has 1 aromatic carbocycles. The number of allylic oxidation sites excluding steroid dienone is 1. The molecule has 0 amide bonds. The van der Waals surface area contributed by atoms with Crippen molar-refractivity contribution in [3.05, 3.63) is 47.3 Å². The fourth-order valence-electron chi connectivity index (χ4n) is 1.06. The Hall–Kier alpha value is -1.97. The number of ketones is 1. The van der Waals surface area contributed by atoms with Gasteiger partial charge < -0.3 is 5.11 Å². The summed E-state index contributed by atoms with van der Waals surface area (Å²) in [5, 5.41) is 8.30. The van der Waals surface area contributed by atoms with Crippen molar-refractivity contribution in [1.29, 1.82) is 0 Å². The van der Waals surface area contributed by atoms with E-state index in [1.54, 1.807) is 6.92 Å². The summed E-state index contributed by atoms with van der Waals surface area (Å²) in [7, 11) is 0. The fraction of sp³-hybridized carbons (Fsp3) is 0.0909. The van der Waals surface area contributed by atoms with Gasteiger partial charge in [0.1, 0.15) is 5.82 Å². The van der Waals surface area contributed by atoms with Crippen molar-refractivity contribution >= 4 is 11.8 Å². The lowest BCUT2D eigenvalue weighted by atomic mass is 10.1. The molecule has 0 bridgehead atoms. The molecule has 0 radical (unpaired) electrons. The van der Waals surface area contributed by atoms with Crippen LogP contribution in [0.3, 0.4) is 0 Å². The molecular formula is C11H9FO3. The number of aryl methyl sites for hydroxylation is 1. The van der Waals surface area contributed by atoms with Crippen molar-refractivity contribution in [1.82, 2.24) is 0 Å². The highest BCUT2D eigenvalue weighted by atomic mass is 19.1. The maximum absolute atomic E-state index is 13.1. The van der Waals surface area contributed by atoms with Crippen LogP contribution in [0.1, 0.15) is 15.9 Å². The van der Waals surface area contributed by atoms with Gasteiger partial charge in [-0.3, -0.25) is 4.79 Å². The van der Waals surface area contributed by atoms with Crippen LogP contribution in [0.4, 0.5) is 4.39 Å². The first-order chi connectivity index (χ1) is 7.00. The van der Waals surface area contributed by atoms with Gasteiger partial charge >= 0.3 is 5.97 Å². The second kappa shape index (κ2) is 4.50. The van der Waals surface area contributed by atoms with Gasteiger partial charge in [0.2, 0.25) is 0 Å². The predicted molar refractivity (Wildman–Crippen MR) is 52.2 cm³/mol. The quantitative estimate of drug-likeness (QED) is 0.610. The van der Waals surface area contributed by atoms with Crippen molar-refractivity contribution in [3.8, 4) is 0 Å². The third kappa shape index (κ3) is 3.02. The fourth-order valence-corrected chi connectivity index (χ4v) is 1.06. The minimum absolute atomic E-state index is 0.118. The summed E-state index contributed by atoms with van der Waals surface area (Å²) in [5.74, 6) is -2.55. The zero-order chi connectivity index (χ0) is 11.4. The number of carboxylic acids is 1. The Morgan fingerprint density at radius 2 is 2.00 bits per heavy atom. The Bertz CT molecular complexity index is 435. The molecule has 1 aromatic rings. The molecule has 0 fully saturated rings. The molecule has 0 aliphatic rings. The van der Waals surface area contributed by atoms with Crippen molar-refractivity contribution < 1.29 is 19.1 Å². The number of hydrogen-bond acceptors (Lipinski definition) is 2. The number of carboxylic acid groups (broad SMARTS) is 1. The molecule has 3 nitrogen and oxygen atoms in total. The molecule has 0 saturated carbocycles. The molecule has 78 valence electrons. The van der Waals surface area contributed by atoms with Crippen LogP contribution < -0.4 is 0 Å². The van der Waals surface area contributed by atoms with Gasteiger partial charge in [0.05, 0.1) is 5.56 Å². The SMILES string of the molecule is Cc1ccc(F)c(C(=O)/C=C/C(=O)O)c1. The highest BCUT2D eigenvalue weighted by Crippen LogP contribution is 2.11. The van der Waals surface area contributed by atoms with Crippen LogP contribution in [-0.4, -0.2) is 16.9 Å². The molecule has 1 rings (SSSR count). The highest BCUT2D eigenvalue weighted by molar-refractivity contribution is 6.07. The second-order valence-corrected chi connectivity index (χ2v) is 3.02. The summed E-state index contributed by atoms with van der Waals surface area (Å²) < 4.78 is 13.1. The van der Waals surface area contributed by atoms with Gasteiger partial charge in [-0.05, 0) is 25.1 Å². The van der Waals surface area contributed by atoms with Gasteiger partial charge in [0.25, 0.3) is 0 Å². The van der Waals surface area contributed by atoms with Gasteiger partial charge in [0.15, 0.2) is 5.78 Å². The first-order valence-corrected chi connectivity index (χ1v) is 4.22. The molecule has 0 heterocycles. The van der Waals surface area contributed by atoms with E-state index < -0.39 is 17.6 Å². The largest absolute Gasteiger partial charge is 0.478 e. The maximum Gasteiger partial charge on any atom is 0.328 e. The zero-order valence-corrected chi connectivity index (χ0v) is 8.03. The third-order valence-corrected chi connectivity index (χ3v) is 1.76. The number of carbonyl (C=O) groups excluding carboxylic acids is 1. The lowest BCUT2D eigenvalue weighted by Crippen LogP contribution is -2.00. The van der Waals surface area contributed by atoms with Crippen molar-refractivity contribution in [2.45, 2.75) is 6.92 Å². The zero-order valence-electron chi connectivity index (χ0n) is 8.03. The Morgan fingerprint density at radius 1 is 1.33 bits per heavy atom. The van der Waals surface area contributed by atoms with E-state index >= 15 is 0 Å². The molecule has 1 N–H and O–H groups in total. The van der Waals surface area contributed by atoms with E-state index in [9.17, 15) is 14.0 Å². The molecular weight excluding hydrogens is 199 g/mol. The van der Waals surface area contributed by atoms with Gasteiger partial charge in [0, 0.05) is 6.08 Å². The average molecular weight is 208 g/mol. The van der Waals surface area contributed by atoms with Crippen LogP contribution in [-0.2, 0) is 4.79 Å². The van der Waals surface area contributed by atoms with E-state index in [2.05, 4.69) is 0 Å². The van der Waals surface area contributed by atoms with Crippen LogP contribution in [0.25, 0.3) is 0 Å². The monoisotopic (exact) mass is 208 g/mol. The normalized spacial score (nSPS) is 10.5. The van der Waals surface area contributed by atoms with Crippen LogP contribution in [0.2, 0.25) is 0 Å². The number of benzene rings is 1. The predicted octanol–water partition coefficient (Wildman–Crippen LogP) is 1.96. The summed E-state index contributed by atoms with van der Waals surface area (Å²) in [5.41, 5.74) is 0.621. The van der Waals surface area contributed by atoms with E-state index in [0.29, 0.717) is 6.08 Å². The van der Waals surface area contributed by atoms with Gasteiger partial charge in [-0.25, -0.2) is 9.18 Å². The molecule has 0 unspecified atom stereocenters. The summed E-state index contributed by atoms with van der Waals surface area (Å²) >= 11 is 0. The van der Waals surface area contributed by atoms with Crippen molar-refractivity contribution in [2.24, 2.45) is 0 Å². The van der Waals surface area contributed by atoms with Crippen LogP contribution in [0, 0.1) is 12.7 Å². The number of aliphatic carboxylic acids is 1. The van der Waals surface area contributed by atoms with Crippen LogP contribution in [0.15, 0.2) is 30.4 Å². The van der Waals surface area contributed by atoms with E-state index in [0.717, 1.165) is 11.6 Å². The van der Waals surface area contributed by atoms with Gasteiger partial charge in [-0.1, -0.05) is 11.6 Å². The minimum atomic E-state index is -1.24. The van der Waals surface area contributed by atoms with Crippen molar-refractivity contribution in [3.63, 3.8) is 0 Å². The summed E-state index contributed by atoms with van der Waals surface area (Å²) in [6, 6.07) is 4.09. The molecule has 0 saturated heterocycles. The lowest BCUT2D eigenvalue weighted by molar-refractivity contribution is -0.131. The Kier molecular flexibility index (Phi) is 3.33. The second-order valence-electron chi connectivity index (χ2n) is 3.02. The molecule has 0 aromatic heterocycles. The van der Waals surface area contributed by atoms with E-state index in [1.807, 2.05) is 0 Å². The van der Waals surface area contributed by atoms with Crippen LogP contribution in [0.5, 0.6) is 0 Å². The first-order valence-electron chi connectivity index (χ1n) is 4.22. The minimum Gasteiger partial charge on any atom is -0.478 e. The molecule has 4 heteroatoms. The number of hydrogen-bond donors (Lipinski definition) is 1. The molecule has 15 heavy (non-hydrogen) atoms. The topological polar surface area (TPSA) is 54.4 Å². The van der Waals surface area contributed by atoms with Gasteiger partial charge in [-0.15, -0.1) is 0 Å². The highest BCUT2D eigenvalue weighted by Gasteiger charge is 2.08. The summed E-state index contributed by atoms with van der Waals surface area (Å²) in [6.45, 7) is 1.72. The number of halogens is 1. The van der Waals surface area contributed by atoms with Crippen LogP contribution >= 0.6 is 0 Å². The standard InChI is InChI=1S/C11H9FO3/c1-7-2-3-9(12)8(6-7)10(13)4-5-11(14)15/h2-6H,1H3,(H,14,15)/b5-4+. The third-order valence-electron chi connectivity index (χ3n) is 1.76. The number of carbonyl (C=O) groups is 2.